The van der Waals surface area contributed by atoms with Gasteiger partial charge in [-0.3, -0.25) is 14.6 Å². The Morgan fingerprint density at radius 3 is 2.40 bits per heavy atom. The van der Waals surface area contributed by atoms with Gasteiger partial charge in [0.15, 0.2) is 5.11 Å². The zero-order valence-corrected chi connectivity index (χ0v) is 24.2. The Hall–Kier alpha value is -4.47. The Bertz CT molecular complexity index is 1610. The molecule has 2 heterocycles. The Morgan fingerprint density at radius 1 is 0.905 bits per heavy atom. The average Bonchev–Trinajstić information content (AvgIpc) is 2.99. The zero-order chi connectivity index (χ0) is 29.2. The molecule has 42 heavy (non-hydrogen) atoms. The number of benzene rings is 4. The number of carbonyl (C=O) groups is 2. The summed E-state index contributed by atoms with van der Waals surface area (Å²) in [6.07, 6.45) is -0.156. The summed E-state index contributed by atoms with van der Waals surface area (Å²) in [5.74, 6) is -0.0688. The van der Waals surface area contributed by atoms with Gasteiger partial charge >= 0.3 is 0 Å². The van der Waals surface area contributed by atoms with E-state index in [1.165, 1.54) is 0 Å². The number of hydrazine groups is 1. The molecule has 8 nitrogen and oxygen atoms in total. The van der Waals surface area contributed by atoms with Crippen LogP contribution in [0.2, 0.25) is 0 Å². The fourth-order valence-electron chi connectivity index (χ4n) is 5.99. The smallest absolute Gasteiger partial charge is 0.246 e. The van der Waals surface area contributed by atoms with Crippen molar-refractivity contribution in [3.05, 3.63) is 114 Å². The number of carbonyl (C=O) groups excluding carboxylic acids is 2. The molecule has 2 amide bonds. The summed E-state index contributed by atoms with van der Waals surface area (Å²) in [5, 5.41) is 19.7. The van der Waals surface area contributed by atoms with Crippen molar-refractivity contribution >= 4 is 39.9 Å². The van der Waals surface area contributed by atoms with Crippen molar-refractivity contribution < 1.29 is 14.7 Å². The number of piperazine rings is 1. The molecule has 2 aliphatic rings. The van der Waals surface area contributed by atoms with Gasteiger partial charge in [0.05, 0.1) is 13.1 Å². The van der Waals surface area contributed by atoms with Gasteiger partial charge in [-0.15, -0.1) is 0 Å². The van der Waals surface area contributed by atoms with Crippen molar-refractivity contribution in [2.75, 3.05) is 20.1 Å². The first-order chi connectivity index (χ1) is 20.4. The molecule has 0 saturated carbocycles. The van der Waals surface area contributed by atoms with E-state index in [0.717, 1.165) is 27.5 Å². The maximum Gasteiger partial charge on any atom is 0.246 e. The van der Waals surface area contributed by atoms with Crippen molar-refractivity contribution in [2.45, 2.75) is 31.7 Å². The van der Waals surface area contributed by atoms with Gasteiger partial charge < -0.3 is 20.2 Å². The highest BCUT2D eigenvalue weighted by Gasteiger charge is 2.50. The zero-order valence-electron chi connectivity index (χ0n) is 23.4. The number of amides is 2. The third-order valence-corrected chi connectivity index (χ3v) is 8.37. The molecule has 9 heteroatoms. The molecule has 2 fully saturated rings. The predicted octanol–water partition coefficient (Wildman–Crippen LogP) is 3.89. The minimum atomic E-state index is -0.719. The largest absolute Gasteiger partial charge is 0.508 e. The number of phenols is 1. The number of thiocarbonyl (C=S) groups is 1. The van der Waals surface area contributed by atoms with Crippen molar-refractivity contribution in [3.8, 4) is 5.75 Å². The topological polar surface area (TPSA) is 79.4 Å². The van der Waals surface area contributed by atoms with Gasteiger partial charge in [-0.25, -0.2) is 5.01 Å². The number of hydrogen-bond donors (Lipinski definition) is 2. The first kappa shape index (κ1) is 27.7. The molecule has 2 atom stereocenters. The number of likely N-dealkylation sites (N-methyl/N-ethyl adjacent to an activating group) is 1. The van der Waals surface area contributed by atoms with E-state index in [9.17, 15) is 14.7 Å². The molecule has 0 radical (unpaired) electrons. The highest BCUT2D eigenvalue weighted by molar-refractivity contribution is 7.80. The first-order valence-electron chi connectivity index (χ1n) is 14.1. The summed E-state index contributed by atoms with van der Waals surface area (Å²) >= 11 is 5.90. The van der Waals surface area contributed by atoms with Gasteiger partial charge in [0.25, 0.3) is 0 Å². The lowest BCUT2D eigenvalue weighted by molar-refractivity contribution is -0.184. The molecular weight excluding hydrogens is 546 g/mol. The second-order valence-electron chi connectivity index (χ2n) is 10.8. The maximum absolute atomic E-state index is 14.2. The summed E-state index contributed by atoms with van der Waals surface area (Å²) in [4.78, 5) is 31.4. The van der Waals surface area contributed by atoms with Crippen LogP contribution in [0.1, 0.15) is 16.7 Å². The number of phenolic OH excluding ortho intramolecular Hbond substituents is 1. The van der Waals surface area contributed by atoms with Crippen LogP contribution in [0.15, 0.2) is 97.1 Å². The number of nitrogens with one attached hydrogen (secondary N) is 1. The molecule has 0 unspecified atom stereocenters. The molecule has 4 aromatic carbocycles. The Morgan fingerprint density at radius 2 is 1.62 bits per heavy atom. The highest BCUT2D eigenvalue weighted by atomic mass is 32.1. The van der Waals surface area contributed by atoms with Gasteiger partial charge in [-0.2, -0.15) is 0 Å². The molecule has 2 N–H and O–H groups in total. The fourth-order valence-corrected chi connectivity index (χ4v) is 6.33. The summed E-state index contributed by atoms with van der Waals surface area (Å²) in [6, 6.07) is 30.4. The third kappa shape index (κ3) is 5.53. The molecule has 214 valence electrons. The molecule has 2 aliphatic heterocycles. The number of hydrogen-bond acceptors (Lipinski definition) is 5. The Balaban J connectivity index is 1.34. The fraction of sp³-hybridized carbons (Fsp3) is 0.242. The lowest BCUT2D eigenvalue weighted by Gasteiger charge is -2.55. The van der Waals surface area contributed by atoms with Crippen LogP contribution in [0.5, 0.6) is 5.75 Å². The number of fused-ring (bicyclic) bond motifs is 2. The van der Waals surface area contributed by atoms with E-state index in [0.29, 0.717) is 31.2 Å². The van der Waals surface area contributed by atoms with E-state index < -0.39 is 12.2 Å². The molecule has 6 rings (SSSR count). The Labute approximate surface area is 250 Å². The van der Waals surface area contributed by atoms with Crippen LogP contribution in [0.3, 0.4) is 0 Å². The molecule has 0 aliphatic carbocycles. The highest BCUT2D eigenvalue weighted by Crippen LogP contribution is 2.30. The molecule has 0 aromatic heterocycles. The molecular formula is C33H33N5O3S. The maximum atomic E-state index is 14.2. The third-order valence-electron chi connectivity index (χ3n) is 8.04. The van der Waals surface area contributed by atoms with Crippen LogP contribution in [0.25, 0.3) is 10.8 Å². The second-order valence-corrected chi connectivity index (χ2v) is 11.2. The van der Waals surface area contributed by atoms with Crippen LogP contribution >= 0.6 is 12.2 Å². The van der Waals surface area contributed by atoms with E-state index in [1.54, 1.807) is 29.2 Å². The van der Waals surface area contributed by atoms with Crippen LogP contribution < -0.4 is 5.32 Å². The minimum absolute atomic E-state index is 0.103. The summed E-state index contributed by atoms with van der Waals surface area (Å²) < 4.78 is 0. The molecule has 2 saturated heterocycles. The van der Waals surface area contributed by atoms with Gasteiger partial charge in [0, 0.05) is 26.6 Å². The van der Waals surface area contributed by atoms with Crippen molar-refractivity contribution in [2.24, 2.45) is 0 Å². The number of nitrogens with zero attached hydrogens (tertiary/aromatic N) is 4. The SMILES string of the molecule is CN1CC(=O)N2[C@@H](Cc3ccc(O)cc3)C(=O)N(Cc3cccc4ccccc34)C[C@@H]2N1C(=S)NCc1ccccc1. The predicted molar refractivity (Wildman–Crippen MR) is 166 cm³/mol. The summed E-state index contributed by atoms with van der Waals surface area (Å²) in [6.45, 7) is 1.36. The van der Waals surface area contributed by atoms with Crippen molar-refractivity contribution in [3.63, 3.8) is 0 Å². The van der Waals surface area contributed by atoms with E-state index >= 15 is 0 Å². The average molecular weight is 580 g/mol. The van der Waals surface area contributed by atoms with Crippen LogP contribution in [-0.4, -0.2) is 74.2 Å². The quantitative estimate of drug-likeness (QED) is 0.336. The van der Waals surface area contributed by atoms with Crippen LogP contribution in [-0.2, 0) is 29.1 Å². The summed E-state index contributed by atoms with van der Waals surface area (Å²) in [5.41, 5.74) is 3.00. The van der Waals surface area contributed by atoms with Crippen molar-refractivity contribution in [1.82, 2.24) is 25.1 Å². The molecule has 0 spiro atoms. The lowest BCUT2D eigenvalue weighted by atomic mass is 9.97. The lowest BCUT2D eigenvalue weighted by Crippen LogP contribution is -2.76. The number of aromatic hydroxyl groups is 1. The molecule has 4 aromatic rings. The normalized spacial score (nSPS) is 19.2. The van der Waals surface area contributed by atoms with E-state index in [-0.39, 0.29) is 24.1 Å². The van der Waals surface area contributed by atoms with E-state index in [1.807, 2.05) is 70.5 Å². The monoisotopic (exact) mass is 579 g/mol. The van der Waals surface area contributed by atoms with Crippen LogP contribution in [0, 0.1) is 0 Å². The minimum Gasteiger partial charge on any atom is -0.508 e. The van der Waals surface area contributed by atoms with E-state index in [2.05, 4.69) is 29.6 Å². The van der Waals surface area contributed by atoms with Crippen molar-refractivity contribution in [1.29, 1.82) is 0 Å². The van der Waals surface area contributed by atoms with Gasteiger partial charge in [0.1, 0.15) is 18.0 Å². The van der Waals surface area contributed by atoms with E-state index in [4.69, 9.17) is 12.2 Å². The van der Waals surface area contributed by atoms with Crippen LogP contribution in [0.4, 0.5) is 0 Å². The number of rotatable bonds is 6. The second kappa shape index (κ2) is 11.8. The van der Waals surface area contributed by atoms with Gasteiger partial charge in [-0.05, 0) is 51.8 Å². The summed E-state index contributed by atoms with van der Waals surface area (Å²) in [7, 11) is 1.85. The Kier molecular flexibility index (Phi) is 7.78. The molecule has 0 bridgehead atoms. The standard InChI is InChI=1S/C33H33N5O3S/c1-35-22-31(40)37-29(18-23-14-16-27(39)17-15-23)32(41)36(20-26-12-7-11-25-10-5-6-13-28(25)26)21-30(37)38(35)33(42)34-19-24-8-3-2-4-9-24/h2-17,29-30,39H,18-22H2,1H3,(H,34,42)/t29-,30-/m0/s1. The first-order valence-corrected chi connectivity index (χ1v) is 14.5. The van der Waals surface area contributed by atoms with Gasteiger partial charge in [-0.1, -0.05) is 84.9 Å². The van der Waals surface area contributed by atoms with Gasteiger partial charge in [0.2, 0.25) is 11.8 Å².